The first-order chi connectivity index (χ1) is 6.99. The lowest BCUT2D eigenvalue weighted by Crippen LogP contribution is -2.41. The lowest BCUT2D eigenvalue weighted by molar-refractivity contribution is -0.141. The van der Waals surface area contributed by atoms with Gasteiger partial charge >= 0.3 is 5.97 Å². The topological polar surface area (TPSA) is 66.4 Å². The Hall–Kier alpha value is -0.970. The van der Waals surface area contributed by atoms with Crippen molar-refractivity contribution < 1.29 is 14.7 Å². The first-order valence-electron chi connectivity index (χ1n) is 4.76. The van der Waals surface area contributed by atoms with E-state index in [-0.39, 0.29) is 0 Å². The van der Waals surface area contributed by atoms with Crippen LogP contribution in [-0.4, -0.2) is 34.5 Å². The van der Waals surface area contributed by atoms with Gasteiger partial charge in [0.25, 0.3) is 0 Å². The zero-order valence-electron chi connectivity index (χ0n) is 9.08. The van der Waals surface area contributed by atoms with Crippen LogP contribution in [0.5, 0.6) is 0 Å². The van der Waals surface area contributed by atoms with Crippen molar-refractivity contribution in [2.75, 3.05) is 11.5 Å². The zero-order chi connectivity index (χ0) is 11.8. The third kappa shape index (κ3) is 6.17. The summed E-state index contributed by atoms with van der Waals surface area (Å²) in [7, 11) is 0. The number of carboxylic acid groups (broad SMARTS) is 1. The molecule has 0 saturated heterocycles. The molecule has 86 valence electrons. The van der Waals surface area contributed by atoms with Crippen molar-refractivity contribution in [1.29, 1.82) is 0 Å². The summed E-state index contributed by atoms with van der Waals surface area (Å²) < 4.78 is 0. The number of amides is 1. The summed E-state index contributed by atoms with van der Waals surface area (Å²) in [5, 5.41) is 11.3. The molecule has 0 aromatic rings. The highest BCUT2D eigenvalue weighted by molar-refractivity contribution is 7.99. The molecule has 0 aromatic carbocycles. The van der Waals surface area contributed by atoms with Crippen molar-refractivity contribution >= 4 is 23.6 Å². The van der Waals surface area contributed by atoms with Crippen LogP contribution in [0.3, 0.4) is 0 Å². The minimum Gasteiger partial charge on any atom is -0.480 e. The first-order valence-corrected chi connectivity index (χ1v) is 5.91. The van der Waals surface area contributed by atoms with Crippen LogP contribution in [0.15, 0.2) is 12.2 Å². The first kappa shape index (κ1) is 14.0. The number of carboxylic acids is 1. The van der Waals surface area contributed by atoms with Gasteiger partial charge in [0, 0.05) is 5.57 Å². The molecule has 15 heavy (non-hydrogen) atoms. The monoisotopic (exact) mass is 231 g/mol. The molecular weight excluding hydrogens is 214 g/mol. The van der Waals surface area contributed by atoms with E-state index in [4.69, 9.17) is 5.11 Å². The highest BCUT2D eigenvalue weighted by Gasteiger charge is 2.19. The Kier molecular flexibility index (Phi) is 6.86. The molecule has 0 spiro atoms. The highest BCUT2D eigenvalue weighted by atomic mass is 32.2. The molecule has 4 nitrogen and oxygen atoms in total. The fourth-order valence-corrected chi connectivity index (χ4v) is 1.58. The molecule has 1 amide bonds. The molecule has 0 saturated carbocycles. The Morgan fingerprint density at radius 1 is 1.53 bits per heavy atom. The van der Waals surface area contributed by atoms with Crippen LogP contribution < -0.4 is 5.32 Å². The summed E-state index contributed by atoms with van der Waals surface area (Å²) in [4.78, 5) is 22.0. The zero-order valence-corrected chi connectivity index (χ0v) is 9.89. The van der Waals surface area contributed by atoms with E-state index in [2.05, 4.69) is 11.9 Å². The van der Waals surface area contributed by atoms with Gasteiger partial charge in [0.1, 0.15) is 6.04 Å². The number of aliphatic carboxylic acids is 1. The van der Waals surface area contributed by atoms with Gasteiger partial charge in [-0.25, -0.2) is 4.79 Å². The maximum absolute atomic E-state index is 11.2. The van der Waals surface area contributed by atoms with Gasteiger partial charge < -0.3 is 10.4 Å². The summed E-state index contributed by atoms with van der Waals surface area (Å²) in [5.41, 5.74) is 0.324. The molecule has 1 atom stereocenters. The van der Waals surface area contributed by atoms with Crippen molar-refractivity contribution in [1.82, 2.24) is 5.32 Å². The molecule has 0 rings (SSSR count). The summed E-state index contributed by atoms with van der Waals surface area (Å²) in [6.07, 6.45) is 0.437. The second-order valence-electron chi connectivity index (χ2n) is 3.13. The largest absolute Gasteiger partial charge is 0.480 e. The quantitative estimate of drug-likeness (QED) is 0.511. The van der Waals surface area contributed by atoms with Crippen LogP contribution in [0.4, 0.5) is 0 Å². The number of hydrogen-bond donors (Lipinski definition) is 2. The molecule has 0 aliphatic rings. The van der Waals surface area contributed by atoms with Gasteiger partial charge in [-0.1, -0.05) is 13.5 Å². The van der Waals surface area contributed by atoms with Crippen LogP contribution in [0.25, 0.3) is 0 Å². The van der Waals surface area contributed by atoms with E-state index in [0.717, 1.165) is 11.5 Å². The minimum atomic E-state index is -0.999. The van der Waals surface area contributed by atoms with Crippen LogP contribution in [0.2, 0.25) is 0 Å². The SMILES string of the molecule is C=C(C)C(=O)NC(CCSCC)C(=O)O. The van der Waals surface area contributed by atoms with Gasteiger partial charge in [0.15, 0.2) is 0 Å². The normalized spacial score (nSPS) is 11.9. The maximum atomic E-state index is 11.2. The minimum absolute atomic E-state index is 0.324. The number of hydrogen-bond acceptors (Lipinski definition) is 3. The number of nitrogens with one attached hydrogen (secondary N) is 1. The van der Waals surface area contributed by atoms with Gasteiger partial charge in [-0.2, -0.15) is 11.8 Å². The predicted octanol–water partition coefficient (Wildman–Crippen LogP) is 1.28. The van der Waals surface area contributed by atoms with E-state index in [1.165, 1.54) is 0 Å². The fourth-order valence-electron chi connectivity index (χ4n) is 0.884. The van der Waals surface area contributed by atoms with Gasteiger partial charge in [0.05, 0.1) is 0 Å². The lowest BCUT2D eigenvalue weighted by atomic mass is 10.2. The summed E-state index contributed by atoms with van der Waals surface area (Å²) in [5.74, 6) is 0.273. The maximum Gasteiger partial charge on any atom is 0.326 e. The molecule has 5 heteroatoms. The Bertz CT molecular complexity index is 253. The van der Waals surface area contributed by atoms with Gasteiger partial charge in [0.2, 0.25) is 5.91 Å². The van der Waals surface area contributed by atoms with E-state index in [0.29, 0.717) is 12.0 Å². The molecule has 0 heterocycles. The summed E-state index contributed by atoms with van der Waals surface area (Å²) >= 11 is 1.65. The summed E-state index contributed by atoms with van der Waals surface area (Å²) in [6, 6.07) is -0.812. The van der Waals surface area contributed by atoms with Crippen LogP contribution in [-0.2, 0) is 9.59 Å². The number of carbonyl (C=O) groups excluding carboxylic acids is 1. The second kappa shape index (κ2) is 7.34. The average Bonchev–Trinajstić information content (AvgIpc) is 2.15. The van der Waals surface area contributed by atoms with Crippen molar-refractivity contribution in [3.63, 3.8) is 0 Å². The Balaban J connectivity index is 4.10. The van der Waals surface area contributed by atoms with E-state index in [9.17, 15) is 9.59 Å². The molecule has 0 aliphatic heterocycles. The molecule has 0 bridgehead atoms. The number of rotatable bonds is 7. The lowest BCUT2D eigenvalue weighted by Gasteiger charge is -2.13. The van der Waals surface area contributed by atoms with E-state index in [1.54, 1.807) is 18.7 Å². The molecule has 0 aromatic heterocycles. The summed E-state index contributed by atoms with van der Waals surface area (Å²) in [6.45, 7) is 7.01. The van der Waals surface area contributed by atoms with Gasteiger partial charge in [-0.15, -0.1) is 0 Å². The molecule has 2 N–H and O–H groups in total. The predicted molar refractivity (Wildman–Crippen MR) is 62.0 cm³/mol. The third-order valence-electron chi connectivity index (χ3n) is 1.75. The Morgan fingerprint density at radius 2 is 2.13 bits per heavy atom. The van der Waals surface area contributed by atoms with Crippen molar-refractivity contribution in [2.24, 2.45) is 0 Å². The average molecular weight is 231 g/mol. The van der Waals surface area contributed by atoms with Crippen molar-refractivity contribution in [3.8, 4) is 0 Å². The van der Waals surface area contributed by atoms with Gasteiger partial charge in [-0.3, -0.25) is 4.79 Å². The Labute approximate surface area is 94.1 Å². The Morgan fingerprint density at radius 3 is 2.53 bits per heavy atom. The number of thioether (sulfide) groups is 1. The van der Waals surface area contributed by atoms with Crippen molar-refractivity contribution in [3.05, 3.63) is 12.2 Å². The molecule has 0 fully saturated rings. The van der Waals surface area contributed by atoms with E-state index >= 15 is 0 Å². The number of carbonyl (C=O) groups is 2. The highest BCUT2D eigenvalue weighted by Crippen LogP contribution is 2.05. The molecular formula is C10H17NO3S. The molecule has 0 radical (unpaired) electrons. The van der Waals surface area contributed by atoms with Crippen LogP contribution in [0.1, 0.15) is 20.3 Å². The fraction of sp³-hybridized carbons (Fsp3) is 0.600. The van der Waals surface area contributed by atoms with Gasteiger partial charge in [-0.05, 0) is 24.9 Å². The van der Waals surface area contributed by atoms with Crippen LogP contribution in [0, 0.1) is 0 Å². The van der Waals surface area contributed by atoms with Crippen LogP contribution >= 0.6 is 11.8 Å². The van der Waals surface area contributed by atoms with E-state index in [1.807, 2.05) is 6.92 Å². The smallest absolute Gasteiger partial charge is 0.326 e. The standard InChI is InChI=1S/C10H17NO3S/c1-4-15-6-5-8(10(13)14)11-9(12)7(2)3/h8H,2,4-6H2,1,3H3,(H,11,12)(H,13,14). The van der Waals surface area contributed by atoms with E-state index < -0.39 is 17.9 Å². The molecule has 1 unspecified atom stereocenters. The molecule has 0 aliphatic carbocycles. The van der Waals surface area contributed by atoms with Crippen molar-refractivity contribution in [2.45, 2.75) is 26.3 Å². The second-order valence-corrected chi connectivity index (χ2v) is 4.52. The third-order valence-corrected chi connectivity index (χ3v) is 2.68.